The molecule has 1 saturated heterocycles. The molecule has 1 spiro atoms. The van der Waals surface area contributed by atoms with Crippen LogP contribution in [0.1, 0.15) is 39.3 Å². The van der Waals surface area contributed by atoms with Crippen LogP contribution in [0, 0.1) is 6.92 Å². The van der Waals surface area contributed by atoms with Gasteiger partial charge in [-0.3, -0.25) is 14.6 Å². The van der Waals surface area contributed by atoms with Crippen LogP contribution < -0.4 is 10.1 Å². The standard InChI is InChI=1S/C20H21N3O3/c1-14-6-7-15(12-21-14)19(25)23-10-8-20(9-11-23)13-22-18(24)16-4-2-3-5-17(16)26-20/h2-7,12H,8-11,13H2,1H3,(H,22,24). The molecule has 0 aliphatic carbocycles. The Balaban J connectivity index is 1.48. The van der Waals surface area contributed by atoms with Crippen LogP contribution in [-0.2, 0) is 0 Å². The Hall–Kier alpha value is -2.89. The van der Waals surface area contributed by atoms with Crippen LogP contribution in [0.3, 0.4) is 0 Å². The normalized spacial score (nSPS) is 18.5. The van der Waals surface area contributed by atoms with Crippen molar-refractivity contribution in [1.29, 1.82) is 0 Å². The van der Waals surface area contributed by atoms with E-state index in [1.165, 1.54) is 0 Å². The summed E-state index contributed by atoms with van der Waals surface area (Å²) in [5.74, 6) is 0.497. The number of fused-ring (bicyclic) bond motifs is 1. The smallest absolute Gasteiger partial charge is 0.255 e. The quantitative estimate of drug-likeness (QED) is 0.855. The highest BCUT2D eigenvalue weighted by Gasteiger charge is 2.41. The minimum atomic E-state index is -0.468. The zero-order valence-corrected chi connectivity index (χ0v) is 14.7. The van der Waals surface area contributed by atoms with Crippen molar-refractivity contribution in [2.75, 3.05) is 19.6 Å². The number of pyridine rings is 1. The predicted molar refractivity (Wildman–Crippen MR) is 96.2 cm³/mol. The third-order valence-electron chi connectivity index (χ3n) is 5.15. The Bertz CT molecular complexity index is 840. The third kappa shape index (κ3) is 3.03. The van der Waals surface area contributed by atoms with Gasteiger partial charge in [0.25, 0.3) is 11.8 Å². The van der Waals surface area contributed by atoms with Crippen molar-refractivity contribution in [3.05, 3.63) is 59.4 Å². The zero-order chi connectivity index (χ0) is 18.1. The van der Waals surface area contributed by atoms with E-state index in [1.54, 1.807) is 12.3 Å². The number of amides is 2. The molecule has 2 amide bonds. The molecule has 26 heavy (non-hydrogen) atoms. The molecule has 0 unspecified atom stereocenters. The van der Waals surface area contributed by atoms with Crippen molar-refractivity contribution in [2.24, 2.45) is 0 Å². The van der Waals surface area contributed by atoms with Crippen LogP contribution in [0.4, 0.5) is 0 Å². The van der Waals surface area contributed by atoms with Gasteiger partial charge in [0.15, 0.2) is 0 Å². The number of nitrogens with zero attached hydrogens (tertiary/aromatic N) is 2. The largest absolute Gasteiger partial charge is 0.484 e. The summed E-state index contributed by atoms with van der Waals surface area (Å²) < 4.78 is 6.27. The second-order valence-corrected chi connectivity index (χ2v) is 6.94. The van der Waals surface area contributed by atoms with Crippen LogP contribution in [0.2, 0.25) is 0 Å². The van der Waals surface area contributed by atoms with Crippen molar-refractivity contribution in [3.8, 4) is 5.75 Å². The first kappa shape index (κ1) is 16.6. The van der Waals surface area contributed by atoms with Crippen LogP contribution in [0.25, 0.3) is 0 Å². The van der Waals surface area contributed by atoms with Crippen molar-refractivity contribution < 1.29 is 14.3 Å². The summed E-state index contributed by atoms with van der Waals surface area (Å²) in [6.07, 6.45) is 2.97. The molecule has 3 heterocycles. The fraction of sp³-hybridized carbons (Fsp3) is 0.350. The topological polar surface area (TPSA) is 71.5 Å². The van der Waals surface area contributed by atoms with Crippen molar-refractivity contribution in [1.82, 2.24) is 15.2 Å². The summed E-state index contributed by atoms with van der Waals surface area (Å²) in [5.41, 5.74) is 1.59. The van der Waals surface area contributed by atoms with E-state index in [1.807, 2.05) is 42.2 Å². The lowest BCUT2D eigenvalue weighted by atomic mass is 9.90. The number of hydrogen-bond acceptors (Lipinski definition) is 4. The van der Waals surface area contributed by atoms with Crippen LogP contribution in [0.15, 0.2) is 42.6 Å². The highest BCUT2D eigenvalue weighted by molar-refractivity contribution is 5.97. The molecule has 0 atom stereocenters. The molecule has 0 saturated carbocycles. The van der Waals surface area contributed by atoms with Gasteiger partial charge in [-0.15, -0.1) is 0 Å². The van der Waals surface area contributed by atoms with E-state index in [2.05, 4.69) is 10.3 Å². The first-order chi connectivity index (χ1) is 12.6. The summed E-state index contributed by atoms with van der Waals surface area (Å²) in [6.45, 7) is 3.53. The molecule has 6 nitrogen and oxygen atoms in total. The Labute approximate surface area is 152 Å². The number of piperidine rings is 1. The number of rotatable bonds is 1. The monoisotopic (exact) mass is 351 g/mol. The maximum atomic E-state index is 12.7. The third-order valence-corrected chi connectivity index (χ3v) is 5.15. The molecular formula is C20H21N3O3. The minimum Gasteiger partial charge on any atom is -0.484 e. The number of aromatic nitrogens is 1. The van der Waals surface area contributed by atoms with Crippen LogP contribution in [-0.4, -0.2) is 46.9 Å². The first-order valence-corrected chi connectivity index (χ1v) is 8.85. The highest BCUT2D eigenvalue weighted by Crippen LogP contribution is 2.33. The fourth-order valence-corrected chi connectivity index (χ4v) is 3.52. The molecule has 6 heteroatoms. The molecule has 1 fully saturated rings. The van der Waals surface area contributed by atoms with Gasteiger partial charge in [0.05, 0.1) is 17.7 Å². The van der Waals surface area contributed by atoms with Crippen LogP contribution in [0.5, 0.6) is 5.75 Å². The molecular weight excluding hydrogens is 330 g/mol. The second kappa shape index (κ2) is 6.44. The first-order valence-electron chi connectivity index (χ1n) is 8.85. The van der Waals surface area contributed by atoms with Gasteiger partial charge in [-0.05, 0) is 31.2 Å². The van der Waals surface area contributed by atoms with Gasteiger partial charge in [0, 0.05) is 37.8 Å². The number of nitrogens with one attached hydrogen (secondary N) is 1. The molecule has 2 aromatic rings. The SMILES string of the molecule is Cc1ccc(C(=O)N2CCC3(CC2)CNC(=O)c2ccccc2O3)cn1. The fourth-order valence-electron chi connectivity index (χ4n) is 3.52. The maximum absolute atomic E-state index is 12.7. The summed E-state index contributed by atoms with van der Waals surface area (Å²) in [6, 6.07) is 11.0. The Morgan fingerprint density at radius 3 is 2.69 bits per heavy atom. The molecule has 4 rings (SSSR count). The molecule has 0 radical (unpaired) electrons. The number of benzene rings is 1. The van der Waals surface area contributed by atoms with E-state index in [0.29, 0.717) is 49.4 Å². The minimum absolute atomic E-state index is 0.00888. The summed E-state index contributed by atoms with van der Waals surface area (Å²) in [7, 11) is 0. The van der Waals surface area contributed by atoms with E-state index in [4.69, 9.17) is 4.74 Å². The van der Waals surface area contributed by atoms with E-state index in [0.717, 1.165) is 5.69 Å². The number of hydrogen-bond donors (Lipinski definition) is 1. The van der Waals surface area contributed by atoms with Crippen molar-refractivity contribution in [2.45, 2.75) is 25.4 Å². The van der Waals surface area contributed by atoms with E-state index in [9.17, 15) is 9.59 Å². The highest BCUT2D eigenvalue weighted by atomic mass is 16.5. The van der Waals surface area contributed by atoms with Crippen molar-refractivity contribution in [3.63, 3.8) is 0 Å². The molecule has 134 valence electrons. The summed E-state index contributed by atoms with van der Waals surface area (Å²) in [4.78, 5) is 31.0. The summed E-state index contributed by atoms with van der Waals surface area (Å²) >= 11 is 0. The van der Waals surface area contributed by atoms with E-state index < -0.39 is 5.60 Å². The maximum Gasteiger partial charge on any atom is 0.255 e. The van der Waals surface area contributed by atoms with E-state index in [-0.39, 0.29) is 11.8 Å². The van der Waals surface area contributed by atoms with Gasteiger partial charge in [0.2, 0.25) is 0 Å². The number of aryl methyl sites for hydroxylation is 1. The van der Waals surface area contributed by atoms with E-state index >= 15 is 0 Å². The average molecular weight is 351 g/mol. The second-order valence-electron chi connectivity index (χ2n) is 6.94. The summed E-state index contributed by atoms with van der Waals surface area (Å²) in [5, 5.41) is 2.97. The lowest BCUT2D eigenvalue weighted by molar-refractivity contribution is 0.00770. The number of carbonyl (C=O) groups is 2. The number of carbonyl (C=O) groups excluding carboxylic acids is 2. The van der Waals surface area contributed by atoms with Crippen molar-refractivity contribution >= 4 is 11.8 Å². The molecule has 1 aromatic heterocycles. The van der Waals surface area contributed by atoms with Gasteiger partial charge in [0.1, 0.15) is 11.4 Å². The molecule has 0 bridgehead atoms. The molecule has 2 aliphatic heterocycles. The number of ether oxygens (including phenoxy) is 1. The van der Waals surface area contributed by atoms with Gasteiger partial charge >= 0.3 is 0 Å². The zero-order valence-electron chi connectivity index (χ0n) is 14.7. The lowest BCUT2D eigenvalue weighted by Crippen LogP contribution is -2.54. The molecule has 2 aliphatic rings. The Morgan fingerprint density at radius 1 is 1.19 bits per heavy atom. The van der Waals surface area contributed by atoms with Gasteiger partial charge in [-0.2, -0.15) is 0 Å². The van der Waals surface area contributed by atoms with Gasteiger partial charge in [-0.25, -0.2) is 0 Å². The number of para-hydroxylation sites is 1. The van der Waals surface area contributed by atoms with Gasteiger partial charge in [-0.1, -0.05) is 12.1 Å². The number of likely N-dealkylation sites (tertiary alicyclic amines) is 1. The molecule has 1 N–H and O–H groups in total. The Morgan fingerprint density at radius 2 is 1.96 bits per heavy atom. The lowest BCUT2D eigenvalue weighted by Gasteiger charge is -2.41. The predicted octanol–water partition coefficient (Wildman–Crippen LogP) is 2.19. The Kier molecular flexibility index (Phi) is 4.11. The van der Waals surface area contributed by atoms with Gasteiger partial charge < -0.3 is 15.0 Å². The van der Waals surface area contributed by atoms with Crippen LogP contribution >= 0.6 is 0 Å². The molecule has 1 aromatic carbocycles. The average Bonchev–Trinajstić information content (AvgIpc) is 2.80.